The molecule has 160 valence electrons. The third kappa shape index (κ3) is 7.94. The van der Waals surface area contributed by atoms with Crippen molar-refractivity contribution in [2.75, 3.05) is 32.7 Å². The summed E-state index contributed by atoms with van der Waals surface area (Å²) in [5.74, 6) is 0.0949. The molecule has 1 aromatic carbocycles. The Kier molecular flexibility index (Phi) is 9.22. The highest BCUT2D eigenvalue weighted by atomic mass is 32.1. The lowest BCUT2D eigenvalue weighted by atomic mass is 9.97. The fourth-order valence-corrected chi connectivity index (χ4v) is 4.60. The maximum atomic E-state index is 12.3. The summed E-state index contributed by atoms with van der Waals surface area (Å²) in [6.45, 7) is 4.75. The van der Waals surface area contributed by atoms with Gasteiger partial charge in [-0.3, -0.25) is 9.69 Å². The Morgan fingerprint density at radius 2 is 1.66 bits per heavy atom. The van der Waals surface area contributed by atoms with E-state index in [-0.39, 0.29) is 5.91 Å². The Labute approximate surface area is 181 Å². The van der Waals surface area contributed by atoms with Gasteiger partial charge in [-0.2, -0.15) is 0 Å². The van der Waals surface area contributed by atoms with E-state index >= 15 is 0 Å². The Balaban J connectivity index is 1.38. The molecule has 0 spiro atoms. The summed E-state index contributed by atoms with van der Waals surface area (Å²) in [6, 6.07) is 10.6. The van der Waals surface area contributed by atoms with E-state index in [0.29, 0.717) is 19.1 Å². The van der Waals surface area contributed by atoms with Gasteiger partial charge in [0, 0.05) is 38.8 Å². The number of nitrogens with zero attached hydrogens (tertiary/aromatic N) is 2. The number of nitrogens with one attached hydrogen (secondary N) is 2. The normalized spacial score (nSPS) is 19.7. The lowest BCUT2D eigenvalue weighted by Crippen LogP contribution is -2.46. The van der Waals surface area contributed by atoms with E-state index in [4.69, 9.17) is 12.2 Å². The highest BCUT2D eigenvalue weighted by Gasteiger charge is 2.20. The highest BCUT2D eigenvalue weighted by Crippen LogP contribution is 2.17. The maximum Gasteiger partial charge on any atom is 0.234 e. The zero-order valence-electron chi connectivity index (χ0n) is 17.6. The lowest BCUT2D eigenvalue weighted by Gasteiger charge is -2.29. The third-order valence-electron chi connectivity index (χ3n) is 6.01. The molecule has 5 nitrogen and oxygen atoms in total. The van der Waals surface area contributed by atoms with Gasteiger partial charge in [0.1, 0.15) is 0 Å². The summed E-state index contributed by atoms with van der Waals surface area (Å²) in [7, 11) is 0. The van der Waals surface area contributed by atoms with E-state index in [1.54, 1.807) is 0 Å². The average Bonchev–Trinajstić information content (AvgIpc) is 2.95. The molecule has 1 aromatic rings. The van der Waals surface area contributed by atoms with Crippen molar-refractivity contribution in [1.29, 1.82) is 0 Å². The molecular formula is C23H36N4OS. The van der Waals surface area contributed by atoms with Gasteiger partial charge in [-0.25, -0.2) is 0 Å². The van der Waals surface area contributed by atoms with Gasteiger partial charge in [-0.05, 0) is 37.0 Å². The largest absolute Gasteiger partial charge is 0.360 e. The standard InChI is InChI=1S/C23H36N4OS/c28-22(24-18-20-10-5-4-6-11-20)19-26-14-9-15-27(17-16-26)23(29)25-21-12-7-2-1-3-8-13-21/h4-6,10-11,21H,1-3,7-9,12-19H2,(H,24,28)(H,25,29). The van der Waals surface area contributed by atoms with Crippen LogP contribution >= 0.6 is 12.2 Å². The minimum atomic E-state index is 0.0949. The summed E-state index contributed by atoms with van der Waals surface area (Å²) in [4.78, 5) is 16.9. The number of thiocarbonyl (C=S) groups is 1. The lowest BCUT2D eigenvalue weighted by molar-refractivity contribution is -0.122. The number of hydrogen-bond donors (Lipinski definition) is 2. The van der Waals surface area contributed by atoms with E-state index in [0.717, 1.165) is 43.3 Å². The van der Waals surface area contributed by atoms with Gasteiger partial charge >= 0.3 is 0 Å². The second kappa shape index (κ2) is 12.1. The van der Waals surface area contributed by atoms with Gasteiger partial charge in [0.25, 0.3) is 0 Å². The summed E-state index contributed by atoms with van der Waals surface area (Å²) in [5, 5.41) is 7.58. The molecule has 29 heavy (non-hydrogen) atoms. The Hall–Kier alpha value is -1.66. The quantitative estimate of drug-likeness (QED) is 0.722. The van der Waals surface area contributed by atoms with E-state index in [1.165, 1.54) is 44.9 Å². The minimum absolute atomic E-state index is 0.0949. The van der Waals surface area contributed by atoms with Crippen molar-refractivity contribution in [2.45, 2.75) is 64.0 Å². The van der Waals surface area contributed by atoms with Gasteiger partial charge in [0.05, 0.1) is 6.54 Å². The average molecular weight is 417 g/mol. The molecule has 1 heterocycles. The second-order valence-corrected chi connectivity index (χ2v) is 8.76. The molecule has 0 aromatic heterocycles. The van der Waals surface area contributed by atoms with Gasteiger partial charge in [-0.1, -0.05) is 62.4 Å². The predicted molar refractivity (Wildman–Crippen MR) is 123 cm³/mol. The summed E-state index contributed by atoms with van der Waals surface area (Å²) >= 11 is 5.73. The van der Waals surface area contributed by atoms with Crippen molar-refractivity contribution >= 4 is 23.2 Å². The van der Waals surface area contributed by atoms with E-state index in [2.05, 4.69) is 20.4 Å². The molecular weight excluding hydrogens is 380 g/mol. The fourth-order valence-electron chi connectivity index (χ4n) is 4.25. The zero-order chi connectivity index (χ0) is 20.3. The molecule has 2 fully saturated rings. The van der Waals surface area contributed by atoms with E-state index in [9.17, 15) is 4.79 Å². The molecule has 0 unspecified atom stereocenters. The number of hydrogen-bond acceptors (Lipinski definition) is 3. The summed E-state index contributed by atoms with van der Waals surface area (Å²) in [6.07, 6.45) is 10.2. The van der Waals surface area contributed by atoms with Gasteiger partial charge in [0.2, 0.25) is 5.91 Å². The van der Waals surface area contributed by atoms with Crippen molar-refractivity contribution in [2.24, 2.45) is 0 Å². The Morgan fingerprint density at radius 3 is 2.41 bits per heavy atom. The van der Waals surface area contributed by atoms with Crippen molar-refractivity contribution in [3.8, 4) is 0 Å². The van der Waals surface area contributed by atoms with Crippen molar-refractivity contribution < 1.29 is 4.79 Å². The van der Waals surface area contributed by atoms with Crippen LogP contribution in [0.15, 0.2) is 30.3 Å². The van der Waals surface area contributed by atoms with Crippen LogP contribution in [0.4, 0.5) is 0 Å². The molecule has 0 bridgehead atoms. The zero-order valence-corrected chi connectivity index (χ0v) is 18.4. The molecule has 1 amide bonds. The Bertz CT molecular complexity index is 631. The number of rotatable bonds is 5. The molecule has 0 radical (unpaired) electrons. The monoisotopic (exact) mass is 416 g/mol. The van der Waals surface area contributed by atoms with Crippen LogP contribution in [0.3, 0.4) is 0 Å². The fraction of sp³-hybridized carbons (Fsp3) is 0.652. The van der Waals surface area contributed by atoms with Crippen LogP contribution in [0.5, 0.6) is 0 Å². The summed E-state index contributed by atoms with van der Waals surface area (Å²) in [5.41, 5.74) is 1.13. The first-order valence-corrected chi connectivity index (χ1v) is 11.7. The van der Waals surface area contributed by atoms with Gasteiger partial charge in [-0.15, -0.1) is 0 Å². The predicted octanol–water partition coefficient (Wildman–Crippen LogP) is 3.30. The first kappa shape index (κ1) is 22.0. The van der Waals surface area contributed by atoms with Crippen molar-refractivity contribution in [1.82, 2.24) is 20.4 Å². The smallest absolute Gasteiger partial charge is 0.234 e. The first-order valence-electron chi connectivity index (χ1n) is 11.3. The van der Waals surface area contributed by atoms with Crippen LogP contribution in [0.2, 0.25) is 0 Å². The van der Waals surface area contributed by atoms with Gasteiger partial charge < -0.3 is 15.5 Å². The van der Waals surface area contributed by atoms with E-state index in [1.807, 2.05) is 30.3 Å². The SMILES string of the molecule is O=C(CN1CCCN(C(=S)NC2CCCCCCC2)CC1)NCc1ccccc1. The number of carbonyl (C=O) groups excluding carboxylic acids is 1. The van der Waals surface area contributed by atoms with Crippen LogP contribution in [0, 0.1) is 0 Å². The van der Waals surface area contributed by atoms with Crippen LogP contribution in [-0.4, -0.2) is 59.6 Å². The maximum absolute atomic E-state index is 12.3. The molecule has 2 aliphatic rings. The van der Waals surface area contributed by atoms with Crippen LogP contribution in [0.1, 0.15) is 56.9 Å². The van der Waals surface area contributed by atoms with Crippen LogP contribution in [-0.2, 0) is 11.3 Å². The molecule has 3 rings (SSSR count). The topological polar surface area (TPSA) is 47.6 Å². The van der Waals surface area contributed by atoms with Crippen LogP contribution < -0.4 is 10.6 Å². The molecule has 1 saturated heterocycles. The third-order valence-corrected chi connectivity index (χ3v) is 6.38. The number of carbonyl (C=O) groups is 1. The Morgan fingerprint density at radius 1 is 0.931 bits per heavy atom. The molecule has 0 atom stereocenters. The minimum Gasteiger partial charge on any atom is -0.360 e. The second-order valence-electron chi connectivity index (χ2n) is 8.37. The highest BCUT2D eigenvalue weighted by molar-refractivity contribution is 7.80. The number of benzene rings is 1. The number of amides is 1. The van der Waals surface area contributed by atoms with Gasteiger partial charge in [0.15, 0.2) is 5.11 Å². The van der Waals surface area contributed by atoms with Crippen molar-refractivity contribution in [3.05, 3.63) is 35.9 Å². The molecule has 1 aliphatic carbocycles. The molecule has 2 N–H and O–H groups in total. The molecule has 1 saturated carbocycles. The molecule has 6 heteroatoms. The first-order chi connectivity index (χ1) is 14.2. The summed E-state index contributed by atoms with van der Waals surface area (Å²) < 4.78 is 0. The van der Waals surface area contributed by atoms with Crippen LogP contribution in [0.25, 0.3) is 0 Å². The van der Waals surface area contributed by atoms with E-state index < -0.39 is 0 Å². The van der Waals surface area contributed by atoms with Crippen molar-refractivity contribution in [3.63, 3.8) is 0 Å². The molecule has 1 aliphatic heterocycles.